The number of carbonyl (C=O) groups is 1. The van der Waals surface area contributed by atoms with E-state index in [1.54, 1.807) is 12.1 Å². The molecule has 194 valence electrons. The van der Waals surface area contributed by atoms with Crippen LogP contribution in [0.25, 0.3) is 5.70 Å². The molecule has 1 N–H and O–H groups in total. The summed E-state index contributed by atoms with van der Waals surface area (Å²) in [6.45, 7) is 8.31. The van der Waals surface area contributed by atoms with Crippen LogP contribution in [0.4, 0.5) is 0 Å². The largest absolute Gasteiger partial charge is 0.512 e. The van der Waals surface area contributed by atoms with E-state index >= 15 is 0 Å². The van der Waals surface area contributed by atoms with Crippen molar-refractivity contribution in [1.29, 1.82) is 5.26 Å². The number of rotatable bonds is 3. The first-order chi connectivity index (χ1) is 17.9. The van der Waals surface area contributed by atoms with Gasteiger partial charge >= 0.3 is 0 Å². The van der Waals surface area contributed by atoms with Gasteiger partial charge in [-0.1, -0.05) is 75.2 Å². The zero-order valence-corrected chi connectivity index (χ0v) is 23.5. The van der Waals surface area contributed by atoms with Gasteiger partial charge in [-0.25, -0.2) is 0 Å². The second-order valence-corrected chi connectivity index (χ2v) is 13.0. The second kappa shape index (κ2) is 9.56. The van der Waals surface area contributed by atoms with Crippen LogP contribution in [0.3, 0.4) is 0 Å². The van der Waals surface area contributed by atoms with Crippen molar-refractivity contribution in [3.8, 4) is 6.07 Å². The highest BCUT2D eigenvalue weighted by atomic mass is 35.5. The molecule has 2 aromatic rings. The van der Waals surface area contributed by atoms with Crippen molar-refractivity contribution < 1.29 is 9.90 Å². The predicted molar refractivity (Wildman–Crippen MR) is 153 cm³/mol. The molecule has 0 saturated heterocycles. The van der Waals surface area contributed by atoms with Crippen LogP contribution >= 0.6 is 23.2 Å². The molecule has 0 fully saturated rings. The molecule has 6 heteroatoms. The number of nitrogens with zero attached hydrogens (tertiary/aromatic N) is 2. The average Bonchev–Trinajstić information content (AvgIpc) is 2.82. The number of aliphatic hydroxyl groups is 1. The van der Waals surface area contributed by atoms with Gasteiger partial charge in [0.25, 0.3) is 0 Å². The standard InChI is InChI=1S/C32H30Cl2N2O2/c1-31(2)13-22(29-25(37)15-32(3,4)16-26(29)38)28-24(14-31)36-30(19-7-11-21(34)12-8-19)23(17-35)27(28)18-5-9-20(33)10-6-18/h5-12,27,37H,13-16H2,1-4H3. The summed E-state index contributed by atoms with van der Waals surface area (Å²) in [5.74, 6) is -0.379. The minimum Gasteiger partial charge on any atom is -0.512 e. The van der Waals surface area contributed by atoms with E-state index < -0.39 is 5.92 Å². The summed E-state index contributed by atoms with van der Waals surface area (Å²) in [6, 6.07) is 17.3. The van der Waals surface area contributed by atoms with E-state index in [1.165, 1.54) is 0 Å². The molecule has 4 nitrogen and oxygen atoms in total. The number of aliphatic hydroxyl groups excluding tert-OH is 1. The van der Waals surface area contributed by atoms with E-state index in [0.717, 1.165) is 28.0 Å². The third kappa shape index (κ3) is 4.86. The quantitative estimate of drug-likeness (QED) is 0.419. The Hall–Kier alpha value is -3.13. The molecule has 0 spiro atoms. The van der Waals surface area contributed by atoms with Crippen LogP contribution in [-0.2, 0) is 4.79 Å². The van der Waals surface area contributed by atoms with Crippen molar-refractivity contribution in [3.63, 3.8) is 0 Å². The molecule has 0 saturated carbocycles. The normalized spacial score (nSPS) is 22.7. The van der Waals surface area contributed by atoms with Crippen molar-refractivity contribution in [2.75, 3.05) is 0 Å². The number of carbonyl (C=O) groups excluding carboxylic acids is 1. The number of allylic oxidation sites excluding steroid dienone is 5. The third-order valence-corrected chi connectivity index (χ3v) is 8.12. The predicted octanol–water partition coefficient (Wildman–Crippen LogP) is 8.78. The summed E-state index contributed by atoms with van der Waals surface area (Å²) in [5.41, 5.74) is 5.21. The van der Waals surface area contributed by atoms with Gasteiger partial charge in [0, 0.05) is 40.1 Å². The van der Waals surface area contributed by atoms with Gasteiger partial charge < -0.3 is 5.11 Å². The number of ketones is 1. The Balaban J connectivity index is 1.84. The van der Waals surface area contributed by atoms with E-state index in [9.17, 15) is 15.2 Å². The lowest BCUT2D eigenvalue weighted by atomic mass is 9.63. The Kier molecular flexibility index (Phi) is 6.66. The van der Waals surface area contributed by atoms with Crippen molar-refractivity contribution >= 4 is 40.4 Å². The van der Waals surface area contributed by atoms with E-state index in [4.69, 9.17) is 28.2 Å². The number of hydrogen-bond donors (Lipinski definition) is 1. The Morgan fingerprint density at radius 3 is 2.05 bits per heavy atom. The van der Waals surface area contributed by atoms with Gasteiger partial charge in [-0.15, -0.1) is 0 Å². The molecule has 1 aliphatic heterocycles. The molecule has 1 atom stereocenters. The zero-order chi connectivity index (χ0) is 27.4. The van der Waals surface area contributed by atoms with E-state index in [2.05, 4.69) is 19.9 Å². The van der Waals surface area contributed by atoms with Crippen LogP contribution in [0.5, 0.6) is 0 Å². The minimum atomic E-state index is -0.454. The van der Waals surface area contributed by atoms with E-state index in [-0.39, 0.29) is 22.4 Å². The van der Waals surface area contributed by atoms with Gasteiger partial charge in [-0.3, -0.25) is 9.79 Å². The maximum absolute atomic E-state index is 13.6. The average molecular weight is 546 g/mol. The molecule has 5 rings (SSSR count). The second-order valence-electron chi connectivity index (χ2n) is 12.1. The van der Waals surface area contributed by atoms with Crippen molar-refractivity contribution in [2.45, 2.75) is 59.3 Å². The Bertz CT molecular complexity index is 1500. The fourth-order valence-corrected chi connectivity index (χ4v) is 6.32. The van der Waals surface area contributed by atoms with E-state index in [0.29, 0.717) is 52.6 Å². The Morgan fingerprint density at radius 2 is 1.47 bits per heavy atom. The number of fused-ring (bicyclic) bond motifs is 1. The molecule has 0 radical (unpaired) electrons. The summed E-state index contributed by atoms with van der Waals surface area (Å²) in [4.78, 5) is 18.7. The number of hydrogen-bond acceptors (Lipinski definition) is 4. The smallest absolute Gasteiger partial charge is 0.167 e. The summed E-state index contributed by atoms with van der Waals surface area (Å²) in [7, 11) is 0. The first-order valence-electron chi connectivity index (χ1n) is 12.8. The first-order valence-corrected chi connectivity index (χ1v) is 13.6. The molecular weight excluding hydrogens is 515 g/mol. The summed E-state index contributed by atoms with van der Waals surface area (Å²) in [6.07, 6.45) is 2.07. The molecule has 3 aliphatic rings. The summed E-state index contributed by atoms with van der Waals surface area (Å²) < 4.78 is 0. The molecule has 0 amide bonds. The summed E-state index contributed by atoms with van der Waals surface area (Å²) >= 11 is 12.4. The molecular formula is C32H30Cl2N2O2. The highest BCUT2D eigenvalue weighted by Crippen LogP contribution is 2.52. The highest BCUT2D eigenvalue weighted by Gasteiger charge is 2.44. The van der Waals surface area contributed by atoms with E-state index in [1.807, 2.05) is 50.2 Å². The van der Waals surface area contributed by atoms with Crippen LogP contribution in [0, 0.1) is 22.2 Å². The third-order valence-electron chi connectivity index (χ3n) is 7.61. The van der Waals surface area contributed by atoms with Crippen LogP contribution in [-0.4, -0.2) is 16.6 Å². The summed E-state index contributed by atoms with van der Waals surface area (Å²) in [5, 5.41) is 23.0. The van der Waals surface area contributed by atoms with Crippen molar-refractivity contribution in [1.82, 2.24) is 0 Å². The lowest BCUT2D eigenvalue weighted by Gasteiger charge is -2.41. The molecule has 2 aromatic carbocycles. The topological polar surface area (TPSA) is 73.5 Å². The molecule has 38 heavy (non-hydrogen) atoms. The molecule has 1 heterocycles. The molecule has 2 aliphatic carbocycles. The van der Waals surface area contributed by atoms with Gasteiger partial charge in [0.15, 0.2) is 5.78 Å². The number of Topliss-reactive ketones (excluding diaryl/α,β-unsaturated/α-hetero) is 1. The van der Waals surface area contributed by atoms with Gasteiger partial charge in [0.1, 0.15) is 5.76 Å². The molecule has 0 aromatic heterocycles. The molecule has 1 unspecified atom stereocenters. The van der Waals surface area contributed by atoms with Gasteiger partial charge in [-0.2, -0.15) is 5.26 Å². The lowest BCUT2D eigenvalue weighted by Crippen LogP contribution is -2.35. The maximum Gasteiger partial charge on any atom is 0.167 e. The number of benzene rings is 2. The van der Waals surface area contributed by atoms with Gasteiger partial charge in [0.05, 0.1) is 22.9 Å². The highest BCUT2D eigenvalue weighted by molar-refractivity contribution is 6.31. The van der Waals surface area contributed by atoms with Crippen molar-refractivity contribution in [3.05, 3.63) is 97.8 Å². The van der Waals surface area contributed by atoms with Crippen molar-refractivity contribution in [2.24, 2.45) is 15.8 Å². The lowest BCUT2D eigenvalue weighted by molar-refractivity contribution is -0.118. The van der Waals surface area contributed by atoms with Crippen LogP contribution in [0.1, 0.15) is 70.4 Å². The fraction of sp³-hybridized carbons (Fsp3) is 0.344. The first kappa shape index (κ1) is 26.5. The monoisotopic (exact) mass is 544 g/mol. The SMILES string of the molecule is CC1(C)CC(=O)C(C2=C3C(=NC(c4ccc(Cl)cc4)=C(C#N)C3c3ccc(Cl)cc3)CC(C)(C)C2)=C(O)C1. The van der Waals surface area contributed by atoms with Crippen LogP contribution < -0.4 is 0 Å². The van der Waals surface area contributed by atoms with Gasteiger partial charge in [-0.05, 0) is 64.6 Å². The Labute approximate surface area is 234 Å². The van der Waals surface area contributed by atoms with Crippen LogP contribution in [0.2, 0.25) is 10.0 Å². The number of nitriles is 1. The van der Waals surface area contributed by atoms with Gasteiger partial charge in [0.2, 0.25) is 0 Å². The zero-order valence-electron chi connectivity index (χ0n) is 22.0. The number of halogens is 2. The Morgan fingerprint density at radius 1 is 0.895 bits per heavy atom. The minimum absolute atomic E-state index is 0.0564. The molecule has 0 bridgehead atoms. The van der Waals surface area contributed by atoms with Crippen LogP contribution in [0.15, 0.2) is 81.6 Å². The number of aliphatic imine (C=N–C) groups is 1. The maximum atomic E-state index is 13.6. The fourth-order valence-electron chi connectivity index (χ4n) is 6.06.